The van der Waals surface area contributed by atoms with Crippen LogP contribution in [0.1, 0.15) is 44.6 Å². The molecule has 2 rings (SSSR count). The van der Waals surface area contributed by atoms with Crippen LogP contribution in [-0.4, -0.2) is 12.7 Å². The quantitative estimate of drug-likeness (QED) is 0.789. The second kappa shape index (κ2) is 5.94. The van der Waals surface area contributed by atoms with Crippen LogP contribution in [0.4, 0.5) is 0 Å². The summed E-state index contributed by atoms with van der Waals surface area (Å²) in [4.78, 5) is 0. The van der Waals surface area contributed by atoms with Crippen LogP contribution in [0.25, 0.3) is 0 Å². The van der Waals surface area contributed by atoms with Crippen LogP contribution in [0.5, 0.6) is 5.75 Å². The molecule has 1 aliphatic heterocycles. The third-order valence-corrected chi connectivity index (χ3v) is 3.30. The fourth-order valence-corrected chi connectivity index (χ4v) is 2.14. The first-order chi connectivity index (χ1) is 8.65. The van der Waals surface area contributed by atoms with Gasteiger partial charge in [-0.1, -0.05) is 32.6 Å². The van der Waals surface area contributed by atoms with E-state index in [1.54, 1.807) is 0 Å². The summed E-state index contributed by atoms with van der Waals surface area (Å²) in [5.74, 6) is 2.37. The Bertz CT molecular complexity index is 392. The molecule has 0 radical (unpaired) electrons. The lowest BCUT2D eigenvalue weighted by atomic mass is 10.0. The van der Waals surface area contributed by atoms with E-state index in [-0.39, 0.29) is 6.10 Å². The number of allylic oxidation sites excluding steroid dienone is 1. The molecule has 1 atom stereocenters. The van der Waals surface area contributed by atoms with Crippen LogP contribution in [0.2, 0.25) is 0 Å². The minimum absolute atomic E-state index is 0.163. The van der Waals surface area contributed by atoms with E-state index in [1.807, 2.05) is 12.1 Å². The second-order valence-corrected chi connectivity index (χ2v) is 5.21. The molecule has 0 spiro atoms. The molecule has 1 unspecified atom stereocenters. The minimum atomic E-state index is 0.163. The number of hydrogen-bond acceptors (Lipinski definition) is 2. The average Bonchev–Trinajstić information content (AvgIpc) is 2.37. The lowest BCUT2D eigenvalue weighted by Crippen LogP contribution is -2.24. The van der Waals surface area contributed by atoms with Gasteiger partial charge in [-0.05, 0) is 36.5 Å². The van der Waals surface area contributed by atoms with E-state index in [0.29, 0.717) is 12.5 Å². The van der Waals surface area contributed by atoms with Gasteiger partial charge in [0.2, 0.25) is 0 Å². The van der Waals surface area contributed by atoms with E-state index in [1.165, 1.54) is 5.56 Å². The molecule has 98 valence electrons. The molecule has 2 nitrogen and oxygen atoms in total. The van der Waals surface area contributed by atoms with E-state index < -0.39 is 0 Å². The maximum Gasteiger partial charge on any atom is 0.132 e. The van der Waals surface area contributed by atoms with Crippen LogP contribution in [0, 0.1) is 0 Å². The summed E-state index contributed by atoms with van der Waals surface area (Å²) in [6.07, 6.45) is 3.36. The van der Waals surface area contributed by atoms with Crippen LogP contribution in [0.3, 0.4) is 0 Å². The van der Waals surface area contributed by atoms with E-state index in [0.717, 1.165) is 30.8 Å². The lowest BCUT2D eigenvalue weighted by molar-refractivity contribution is 0.0365. The van der Waals surface area contributed by atoms with Crippen molar-refractivity contribution >= 4 is 0 Å². The van der Waals surface area contributed by atoms with Gasteiger partial charge in [-0.25, -0.2) is 0 Å². The summed E-state index contributed by atoms with van der Waals surface area (Å²) >= 11 is 0. The topological polar surface area (TPSA) is 18.5 Å². The maximum absolute atomic E-state index is 5.76. The first-order valence-corrected chi connectivity index (χ1v) is 6.72. The zero-order valence-corrected chi connectivity index (χ0v) is 11.3. The van der Waals surface area contributed by atoms with Crippen molar-refractivity contribution in [2.24, 2.45) is 0 Å². The van der Waals surface area contributed by atoms with Gasteiger partial charge in [0, 0.05) is 6.42 Å². The Balaban J connectivity index is 1.84. The predicted octanol–water partition coefficient (Wildman–Crippen LogP) is 4.27. The Labute approximate surface area is 110 Å². The molecule has 2 heteroatoms. The van der Waals surface area contributed by atoms with Crippen LogP contribution in [0.15, 0.2) is 36.6 Å². The second-order valence-electron chi connectivity index (χ2n) is 5.21. The highest BCUT2D eigenvalue weighted by molar-refractivity contribution is 5.28. The standard InChI is InChI=1S/C16H22O2/c1-12(2)14-7-9-15(10-8-14)17-11-16-6-4-5-13(3)18-16/h7-10,12,16H,3-6,11H2,1-2H3. The van der Waals surface area contributed by atoms with Crippen molar-refractivity contribution in [3.63, 3.8) is 0 Å². The number of benzene rings is 1. The molecule has 1 aromatic carbocycles. The first-order valence-electron chi connectivity index (χ1n) is 6.72. The zero-order chi connectivity index (χ0) is 13.0. The Hall–Kier alpha value is -1.44. The third-order valence-electron chi connectivity index (χ3n) is 3.30. The summed E-state index contributed by atoms with van der Waals surface area (Å²) in [5.41, 5.74) is 1.34. The highest BCUT2D eigenvalue weighted by Gasteiger charge is 2.17. The van der Waals surface area contributed by atoms with Crippen LogP contribution >= 0.6 is 0 Å². The lowest BCUT2D eigenvalue weighted by Gasteiger charge is -2.25. The molecule has 1 aromatic rings. The summed E-state index contributed by atoms with van der Waals surface area (Å²) in [7, 11) is 0. The van der Waals surface area contributed by atoms with E-state index in [4.69, 9.17) is 9.47 Å². The predicted molar refractivity (Wildman–Crippen MR) is 73.9 cm³/mol. The van der Waals surface area contributed by atoms with Gasteiger partial charge in [-0.2, -0.15) is 0 Å². The highest BCUT2D eigenvalue weighted by atomic mass is 16.5. The fourth-order valence-electron chi connectivity index (χ4n) is 2.14. The fraction of sp³-hybridized carbons (Fsp3) is 0.500. The van der Waals surface area contributed by atoms with E-state index in [2.05, 4.69) is 32.6 Å². The van der Waals surface area contributed by atoms with Crippen molar-refractivity contribution in [2.45, 2.75) is 45.1 Å². The molecule has 1 heterocycles. The van der Waals surface area contributed by atoms with Gasteiger partial charge in [-0.3, -0.25) is 0 Å². The molecule has 18 heavy (non-hydrogen) atoms. The van der Waals surface area contributed by atoms with E-state index >= 15 is 0 Å². The largest absolute Gasteiger partial charge is 0.492 e. The van der Waals surface area contributed by atoms with Crippen molar-refractivity contribution in [3.05, 3.63) is 42.2 Å². The van der Waals surface area contributed by atoms with Crippen molar-refractivity contribution in [1.29, 1.82) is 0 Å². The molecular formula is C16H22O2. The molecule has 1 saturated heterocycles. The SMILES string of the molecule is C=C1CCCC(COc2ccc(C(C)C)cc2)O1. The van der Waals surface area contributed by atoms with E-state index in [9.17, 15) is 0 Å². The first kappa shape index (κ1) is 13.0. The summed E-state index contributed by atoms with van der Waals surface area (Å²) in [5, 5.41) is 0. The third kappa shape index (κ3) is 3.52. The molecule has 0 bridgehead atoms. The van der Waals surface area contributed by atoms with Crippen LogP contribution < -0.4 is 4.74 Å². The summed E-state index contributed by atoms with van der Waals surface area (Å²) in [6, 6.07) is 8.32. The Morgan fingerprint density at radius 3 is 2.67 bits per heavy atom. The molecule has 1 fully saturated rings. The molecule has 0 saturated carbocycles. The molecule has 1 aliphatic rings. The maximum atomic E-state index is 5.76. The molecule has 0 aliphatic carbocycles. The molecule has 0 aromatic heterocycles. The Kier molecular flexibility index (Phi) is 4.29. The van der Waals surface area contributed by atoms with Gasteiger partial charge < -0.3 is 9.47 Å². The monoisotopic (exact) mass is 246 g/mol. The van der Waals surface area contributed by atoms with Crippen LogP contribution in [-0.2, 0) is 4.74 Å². The highest BCUT2D eigenvalue weighted by Crippen LogP contribution is 2.22. The van der Waals surface area contributed by atoms with Gasteiger partial charge in [0.25, 0.3) is 0 Å². The Morgan fingerprint density at radius 2 is 2.06 bits per heavy atom. The van der Waals surface area contributed by atoms with Crippen molar-refractivity contribution < 1.29 is 9.47 Å². The Morgan fingerprint density at radius 1 is 1.33 bits per heavy atom. The summed E-state index contributed by atoms with van der Waals surface area (Å²) in [6.45, 7) is 8.87. The van der Waals surface area contributed by atoms with Gasteiger partial charge >= 0.3 is 0 Å². The number of hydrogen-bond donors (Lipinski definition) is 0. The average molecular weight is 246 g/mol. The molecule has 0 amide bonds. The van der Waals surface area contributed by atoms with Crippen molar-refractivity contribution in [2.75, 3.05) is 6.61 Å². The smallest absolute Gasteiger partial charge is 0.132 e. The molecule has 0 N–H and O–H groups in total. The molecular weight excluding hydrogens is 224 g/mol. The zero-order valence-electron chi connectivity index (χ0n) is 11.3. The number of rotatable bonds is 4. The van der Waals surface area contributed by atoms with Gasteiger partial charge in [0.15, 0.2) is 0 Å². The van der Waals surface area contributed by atoms with Crippen molar-refractivity contribution in [3.8, 4) is 5.75 Å². The minimum Gasteiger partial charge on any atom is -0.492 e. The van der Waals surface area contributed by atoms with Gasteiger partial charge in [0.05, 0.1) is 5.76 Å². The summed E-state index contributed by atoms with van der Waals surface area (Å²) < 4.78 is 11.4. The van der Waals surface area contributed by atoms with Gasteiger partial charge in [0.1, 0.15) is 18.5 Å². The van der Waals surface area contributed by atoms with Gasteiger partial charge in [-0.15, -0.1) is 0 Å². The normalized spacial score (nSPS) is 19.7. The van der Waals surface area contributed by atoms with Crippen molar-refractivity contribution in [1.82, 2.24) is 0 Å². The number of ether oxygens (including phenoxy) is 2.